The Morgan fingerprint density at radius 3 is 2.60 bits per heavy atom. The quantitative estimate of drug-likeness (QED) is 0.837. The van der Waals surface area contributed by atoms with Crippen LogP contribution in [0, 0.1) is 0 Å². The zero-order valence-corrected chi connectivity index (χ0v) is 11.7. The van der Waals surface area contributed by atoms with E-state index in [0.29, 0.717) is 11.6 Å². The number of likely N-dealkylation sites (tertiary alicyclic amines) is 1. The molecule has 20 heavy (non-hydrogen) atoms. The molecule has 0 aromatic heterocycles. The van der Waals surface area contributed by atoms with Crippen molar-refractivity contribution in [3.8, 4) is 0 Å². The van der Waals surface area contributed by atoms with Crippen LogP contribution in [0.5, 0.6) is 0 Å². The normalized spacial score (nSPS) is 14.8. The molecule has 0 bridgehead atoms. The van der Waals surface area contributed by atoms with Gasteiger partial charge in [-0.2, -0.15) is 0 Å². The molecule has 1 fully saturated rings. The predicted molar refractivity (Wildman–Crippen MR) is 73.9 cm³/mol. The lowest BCUT2D eigenvalue weighted by Gasteiger charge is -2.13. The minimum atomic E-state index is -0.197. The molecule has 0 aliphatic carbocycles. The van der Waals surface area contributed by atoms with Gasteiger partial charge in [-0.1, -0.05) is 23.7 Å². The fourth-order valence-corrected chi connectivity index (χ4v) is 2.23. The number of halogens is 1. The lowest BCUT2D eigenvalue weighted by molar-refractivity contribution is -0.138. The van der Waals surface area contributed by atoms with Gasteiger partial charge >= 0.3 is 0 Å². The highest BCUT2D eigenvalue weighted by Crippen LogP contribution is 2.12. The number of benzene rings is 1. The molecule has 1 saturated heterocycles. The number of rotatable bonds is 5. The molecule has 1 aliphatic rings. The van der Waals surface area contributed by atoms with Gasteiger partial charge in [-0.25, -0.2) is 0 Å². The summed E-state index contributed by atoms with van der Waals surface area (Å²) in [7, 11) is 0. The molecule has 6 heteroatoms. The Hall–Kier alpha value is -1.88. The van der Waals surface area contributed by atoms with Crippen LogP contribution >= 0.6 is 11.6 Å². The first-order valence-corrected chi connectivity index (χ1v) is 6.78. The Balaban J connectivity index is 1.76. The molecule has 1 aromatic carbocycles. The fourth-order valence-electron chi connectivity index (χ4n) is 2.02. The maximum absolute atomic E-state index is 11.7. The summed E-state index contributed by atoms with van der Waals surface area (Å²) in [5.41, 5.74) is 0.902. The number of hydrogen-bond acceptors (Lipinski definition) is 3. The van der Waals surface area contributed by atoms with Crippen molar-refractivity contribution in [2.75, 3.05) is 6.54 Å². The van der Waals surface area contributed by atoms with Crippen molar-refractivity contribution in [2.24, 2.45) is 0 Å². The first-order valence-electron chi connectivity index (χ1n) is 6.40. The molecular weight excluding hydrogens is 280 g/mol. The van der Waals surface area contributed by atoms with Crippen LogP contribution in [0.3, 0.4) is 0 Å². The van der Waals surface area contributed by atoms with Crippen LogP contribution in [0.4, 0.5) is 0 Å². The van der Waals surface area contributed by atoms with E-state index < -0.39 is 0 Å². The molecule has 0 radical (unpaired) electrons. The summed E-state index contributed by atoms with van der Waals surface area (Å²) in [6.45, 7) is 0.528. The summed E-state index contributed by atoms with van der Waals surface area (Å²) in [4.78, 5) is 35.6. The van der Waals surface area contributed by atoms with E-state index in [1.54, 1.807) is 12.1 Å². The first-order chi connectivity index (χ1) is 9.56. The van der Waals surface area contributed by atoms with Crippen LogP contribution in [0.15, 0.2) is 24.3 Å². The molecule has 0 atom stereocenters. The van der Waals surface area contributed by atoms with Crippen LogP contribution in [0.2, 0.25) is 5.02 Å². The second kappa shape index (κ2) is 6.52. The van der Waals surface area contributed by atoms with Gasteiger partial charge in [0.15, 0.2) is 0 Å². The van der Waals surface area contributed by atoms with Gasteiger partial charge in [0.1, 0.15) is 0 Å². The molecule has 0 saturated carbocycles. The standard InChI is InChI=1S/C14H15ClN2O3/c15-11-3-1-2-10(8-11)9-16-12(18)6-7-17-13(19)4-5-14(17)20/h1-3,8H,4-7,9H2,(H,16,18). The number of nitrogens with one attached hydrogen (secondary N) is 1. The highest BCUT2D eigenvalue weighted by molar-refractivity contribution is 6.30. The van der Waals surface area contributed by atoms with Crippen molar-refractivity contribution >= 4 is 29.3 Å². The molecule has 106 valence electrons. The average Bonchev–Trinajstić information content (AvgIpc) is 2.74. The minimum absolute atomic E-state index is 0.123. The number of hydrogen-bond donors (Lipinski definition) is 1. The highest BCUT2D eigenvalue weighted by atomic mass is 35.5. The van der Waals surface area contributed by atoms with Gasteiger partial charge in [-0.15, -0.1) is 0 Å². The Morgan fingerprint density at radius 1 is 1.25 bits per heavy atom. The molecule has 1 aromatic rings. The van der Waals surface area contributed by atoms with E-state index in [9.17, 15) is 14.4 Å². The summed E-state index contributed by atoms with van der Waals surface area (Å²) >= 11 is 5.85. The van der Waals surface area contributed by atoms with Gasteiger partial charge in [0.25, 0.3) is 0 Å². The maximum Gasteiger partial charge on any atom is 0.229 e. The maximum atomic E-state index is 11.7. The molecule has 1 heterocycles. The largest absolute Gasteiger partial charge is 0.352 e. The van der Waals surface area contributed by atoms with Crippen LogP contribution in [0.1, 0.15) is 24.8 Å². The van der Waals surface area contributed by atoms with Crippen molar-refractivity contribution in [1.82, 2.24) is 10.2 Å². The van der Waals surface area contributed by atoms with Crippen molar-refractivity contribution in [3.05, 3.63) is 34.9 Å². The third-order valence-corrected chi connectivity index (χ3v) is 3.33. The third-order valence-electron chi connectivity index (χ3n) is 3.10. The van der Waals surface area contributed by atoms with E-state index >= 15 is 0 Å². The van der Waals surface area contributed by atoms with Crippen molar-refractivity contribution in [3.63, 3.8) is 0 Å². The topological polar surface area (TPSA) is 66.5 Å². The van der Waals surface area contributed by atoms with Crippen LogP contribution in [-0.4, -0.2) is 29.2 Å². The van der Waals surface area contributed by atoms with E-state index in [4.69, 9.17) is 11.6 Å². The highest BCUT2D eigenvalue weighted by Gasteiger charge is 2.28. The average molecular weight is 295 g/mol. The Bertz CT molecular complexity index is 529. The summed E-state index contributed by atoms with van der Waals surface area (Å²) < 4.78 is 0. The number of carbonyl (C=O) groups excluding carboxylic acids is 3. The SMILES string of the molecule is O=C(CCN1C(=O)CCC1=O)NCc1cccc(Cl)c1. The molecule has 3 amide bonds. The smallest absolute Gasteiger partial charge is 0.229 e. The zero-order chi connectivity index (χ0) is 14.5. The monoisotopic (exact) mass is 294 g/mol. The van der Waals surface area contributed by atoms with Gasteiger partial charge < -0.3 is 5.32 Å². The Morgan fingerprint density at radius 2 is 1.95 bits per heavy atom. The zero-order valence-electron chi connectivity index (χ0n) is 10.9. The van der Waals surface area contributed by atoms with Crippen molar-refractivity contribution in [1.29, 1.82) is 0 Å². The second-order valence-corrected chi connectivity index (χ2v) is 5.03. The Kier molecular flexibility index (Phi) is 4.74. The van der Waals surface area contributed by atoms with Crippen LogP contribution in [0.25, 0.3) is 0 Å². The summed E-state index contributed by atoms with van der Waals surface area (Å²) in [5.74, 6) is -0.590. The predicted octanol–water partition coefficient (Wildman–Crippen LogP) is 1.50. The number of nitrogens with zero attached hydrogens (tertiary/aromatic N) is 1. The van der Waals surface area contributed by atoms with Crippen LogP contribution < -0.4 is 5.32 Å². The molecule has 0 spiro atoms. The molecular formula is C14H15ClN2O3. The lowest BCUT2D eigenvalue weighted by Crippen LogP contribution is -2.34. The number of amides is 3. The molecule has 0 unspecified atom stereocenters. The van der Waals surface area contributed by atoms with E-state index in [0.717, 1.165) is 10.5 Å². The van der Waals surface area contributed by atoms with E-state index in [2.05, 4.69) is 5.32 Å². The van der Waals surface area contributed by atoms with Gasteiger partial charge in [0.2, 0.25) is 17.7 Å². The lowest BCUT2D eigenvalue weighted by atomic mass is 10.2. The first kappa shape index (κ1) is 14.5. The van der Waals surface area contributed by atoms with E-state index in [-0.39, 0.29) is 43.5 Å². The fraction of sp³-hybridized carbons (Fsp3) is 0.357. The van der Waals surface area contributed by atoms with E-state index in [1.807, 2.05) is 12.1 Å². The van der Waals surface area contributed by atoms with Crippen molar-refractivity contribution in [2.45, 2.75) is 25.8 Å². The van der Waals surface area contributed by atoms with Crippen molar-refractivity contribution < 1.29 is 14.4 Å². The molecule has 2 rings (SSSR count). The summed E-state index contributed by atoms with van der Waals surface area (Å²) in [5, 5.41) is 3.35. The number of carbonyl (C=O) groups is 3. The second-order valence-electron chi connectivity index (χ2n) is 4.60. The van der Waals surface area contributed by atoms with Gasteiger partial charge in [0.05, 0.1) is 0 Å². The summed E-state index contributed by atoms with van der Waals surface area (Å²) in [6.07, 6.45) is 0.629. The van der Waals surface area contributed by atoms with E-state index in [1.165, 1.54) is 0 Å². The van der Waals surface area contributed by atoms with Gasteiger partial charge in [-0.3, -0.25) is 19.3 Å². The molecule has 5 nitrogen and oxygen atoms in total. The number of imide groups is 1. The summed E-state index contributed by atoms with van der Waals surface area (Å²) in [6, 6.07) is 7.21. The third kappa shape index (κ3) is 3.81. The van der Waals surface area contributed by atoms with Crippen LogP contribution in [-0.2, 0) is 20.9 Å². The minimum Gasteiger partial charge on any atom is -0.352 e. The molecule has 1 N–H and O–H groups in total. The Labute approximate surface area is 121 Å². The van der Waals surface area contributed by atoms with Gasteiger partial charge in [0, 0.05) is 37.4 Å². The van der Waals surface area contributed by atoms with Gasteiger partial charge in [-0.05, 0) is 17.7 Å². The molecule has 1 aliphatic heterocycles.